The second-order valence-electron chi connectivity index (χ2n) is 7.69. The predicted molar refractivity (Wildman–Crippen MR) is 120 cm³/mol. The van der Waals surface area contributed by atoms with Crippen molar-refractivity contribution in [3.8, 4) is 28.3 Å². The Morgan fingerprint density at radius 3 is 2.40 bits per heavy atom. The maximum Gasteiger partial charge on any atom is 0.434 e. The third kappa shape index (κ3) is 4.53. The Kier molecular flexibility index (Phi) is 6.42. The lowest BCUT2D eigenvalue weighted by molar-refractivity contribution is -0.142. The fourth-order valence-corrected chi connectivity index (χ4v) is 3.82. The van der Waals surface area contributed by atoms with Crippen molar-refractivity contribution in [1.29, 1.82) is 0 Å². The highest BCUT2D eigenvalue weighted by Gasteiger charge is 2.42. The molecule has 11 heteroatoms. The van der Waals surface area contributed by atoms with E-state index in [1.807, 2.05) is 0 Å². The van der Waals surface area contributed by atoms with E-state index in [-0.39, 0.29) is 27.6 Å². The van der Waals surface area contributed by atoms with Crippen LogP contribution in [-0.2, 0) is 10.9 Å². The average molecular weight is 510 g/mol. The molecular formula is C24H17ClF5N3O2. The highest BCUT2D eigenvalue weighted by atomic mass is 35.5. The summed E-state index contributed by atoms with van der Waals surface area (Å²) in [6.07, 6.45) is -4.57. The molecule has 0 radical (unpaired) electrons. The molecule has 0 aliphatic heterocycles. The average Bonchev–Trinajstić information content (AvgIpc) is 3.38. The Balaban J connectivity index is 2.02. The van der Waals surface area contributed by atoms with Crippen molar-refractivity contribution in [2.24, 2.45) is 0 Å². The molecule has 0 saturated heterocycles. The van der Waals surface area contributed by atoms with E-state index in [1.54, 1.807) is 13.8 Å². The topological polar surface area (TPSA) is 53.1 Å². The largest absolute Gasteiger partial charge is 0.491 e. The summed E-state index contributed by atoms with van der Waals surface area (Å²) in [6, 6.07) is 8.73. The molecule has 182 valence electrons. The van der Waals surface area contributed by atoms with Crippen LogP contribution in [-0.4, -0.2) is 21.0 Å². The molecule has 2 heterocycles. The zero-order valence-corrected chi connectivity index (χ0v) is 19.1. The molecule has 0 aliphatic rings. The van der Waals surface area contributed by atoms with E-state index in [0.717, 1.165) is 24.4 Å². The number of nitrogens with zero attached hydrogens (tertiary/aromatic N) is 3. The second kappa shape index (κ2) is 9.18. The summed E-state index contributed by atoms with van der Waals surface area (Å²) in [5, 5.41) is 7.53. The Morgan fingerprint density at radius 1 is 1.09 bits per heavy atom. The van der Waals surface area contributed by atoms with Crippen molar-refractivity contribution >= 4 is 17.4 Å². The van der Waals surface area contributed by atoms with Crippen molar-refractivity contribution in [3.63, 3.8) is 0 Å². The highest BCUT2D eigenvalue weighted by molar-refractivity contribution is 6.33. The van der Waals surface area contributed by atoms with Crippen molar-refractivity contribution in [3.05, 3.63) is 83.2 Å². The van der Waals surface area contributed by atoms with E-state index in [9.17, 15) is 22.0 Å². The van der Waals surface area contributed by atoms with Gasteiger partial charge in [0, 0.05) is 0 Å². The van der Waals surface area contributed by atoms with E-state index < -0.39 is 46.6 Å². The Morgan fingerprint density at radius 2 is 1.77 bits per heavy atom. The van der Waals surface area contributed by atoms with Gasteiger partial charge in [0.05, 0.1) is 34.0 Å². The van der Waals surface area contributed by atoms with E-state index in [1.165, 1.54) is 24.3 Å². The lowest BCUT2D eigenvalue weighted by atomic mass is 10.0. The second-order valence-corrected chi connectivity index (χ2v) is 8.10. The standard InChI is InChI=1S/C24H17ClF5N3O2/c1-12(2)34-13(3)19-21(20-15(25)7-6-9-17(20)27)32-35-22(19)14-11-31-33(23(14)24(28,29)30)18-10-5-4-8-16(18)26/h4-12H,3H2,1-2H3. The van der Waals surface area contributed by atoms with Gasteiger partial charge in [0.1, 0.15) is 28.8 Å². The van der Waals surface area contributed by atoms with Crippen molar-refractivity contribution in [2.75, 3.05) is 0 Å². The fraction of sp³-hybridized carbons (Fsp3) is 0.167. The number of benzene rings is 2. The molecule has 2 aromatic carbocycles. The van der Waals surface area contributed by atoms with Crippen LogP contribution in [0.3, 0.4) is 0 Å². The number of aromatic nitrogens is 3. The minimum atomic E-state index is -4.99. The summed E-state index contributed by atoms with van der Waals surface area (Å²) >= 11 is 6.18. The number of hydrogen-bond donors (Lipinski definition) is 0. The monoisotopic (exact) mass is 509 g/mol. The van der Waals surface area contributed by atoms with Gasteiger partial charge < -0.3 is 9.26 Å². The Bertz CT molecular complexity index is 1390. The first-order valence-corrected chi connectivity index (χ1v) is 10.6. The number of halogens is 6. The molecule has 4 aromatic rings. The maximum atomic E-state index is 14.7. The molecule has 0 unspecified atom stereocenters. The predicted octanol–water partition coefficient (Wildman–Crippen LogP) is 7.54. The van der Waals surface area contributed by atoms with Crippen LogP contribution in [0.15, 0.2) is 59.8 Å². The van der Waals surface area contributed by atoms with Crippen molar-refractivity contribution in [2.45, 2.75) is 26.1 Å². The minimum Gasteiger partial charge on any atom is -0.491 e. The quantitative estimate of drug-likeness (QED) is 0.199. The summed E-state index contributed by atoms with van der Waals surface area (Å²) in [5.41, 5.74) is -2.90. The first-order chi connectivity index (χ1) is 16.5. The lowest BCUT2D eigenvalue weighted by Gasteiger charge is -2.15. The first kappa shape index (κ1) is 24.5. The fourth-order valence-electron chi connectivity index (χ4n) is 3.56. The summed E-state index contributed by atoms with van der Waals surface area (Å²) in [5.74, 6) is -2.27. The zero-order valence-electron chi connectivity index (χ0n) is 18.3. The third-order valence-electron chi connectivity index (χ3n) is 4.91. The summed E-state index contributed by atoms with van der Waals surface area (Å²) in [7, 11) is 0. The van der Waals surface area contributed by atoms with Crippen molar-refractivity contribution < 1.29 is 31.2 Å². The van der Waals surface area contributed by atoms with E-state index in [2.05, 4.69) is 16.8 Å². The van der Waals surface area contributed by atoms with Crippen LogP contribution >= 0.6 is 11.6 Å². The van der Waals surface area contributed by atoms with E-state index >= 15 is 0 Å². The number of hydrogen-bond acceptors (Lipinski definition) is 4. The molecular weight excluding hydrogens is 493 g/mol. The van der Waals surface area contributed by atoms with Gasteiger partial charge in [0.25, 0.3) is 0 Å². The Labute approximate surface area is 201 Å². The maximum absolute atomic E-state index is 14.7. The summed E-state index contributed by atoms with van der Waals surface area (Å²) < 4.78 is 83.2. The molecule has 35 heavy (non-hydrogen) atoms. The van der Waals surface area contributed by atoms with E-state index in [0.29, 0.717) is 4.68 Å². The van der Waals surface area contributed by atoms with Crippen LogP contribution in [0.25, 0.3) is 34.0 Å². The minimum absolute atomic E-state index is 0.0541. The van der Waals surface area contributed by atoms with Crippen LogP contribution in [0.4, 0.5) is 22.0 Å². The van der Waals surface area contributed by atoms with Gasteiger partial charge in [-0.3, -0.25) is 0 Å². The van der Waals surface area contributed by atoms with Crippen LogP contribution in [0, 0.1) is 11.6 Å². The molecule has 0 N–H and O–H groups in total. The van der Waals surface area contributed by atoms with Gasteiger partial charge >= 0.3 is 6.18 Å². The summed E-state index contributed by atoms with van der Waals surface area (Å²) in [6.45, 7) is 7.13. The molecule has 5 nitrogen and oxygen atoms in total. The van der Waals surface area contributed by atoms with Gasteiger partial charge in [-0.25, -0.2) is 13.5 Å². The lowest BCUT2D eigenvalue weighted by Crippen LogP contribution is -2.15. The van der Waals surface area contributed by atoms with E-state index in [4.69, 9.17) is 20.9 Å². The van der Waals surface area contributed by atoms with Crippen molar-refractivity contribution in [1.82, 2.24) is 14.9 Å². The Hall–Kier alpha value is -3.66. The summed E-state index contributed by atoms with van der Waals surface area (Å²) in [4.78, 5) is 0. The van der Waals surface area contributed by atoms with Gasteiger partial charge in [-0.05, 0) is 38.1 Å². The SMILES string of the molecule is C=C(OC(C)C)c1c(-c2c(F)cccc2Cl)noc1-c1cnn(-c2ccccc2F)c1C(F)(F)F. The third-order valence-corrected chi connectivity index (χ3v) is 5.23. The molecule has 0 bridgehead atoms. The van der Waals surface area contributed by atoms with Gasteiger partial charge in [-0.2, -0.15) is 18.3 Å². The van der Waals surface area contributed by atoms with Gasteiger partial charge in [0.2, 0.25) is 0 Å². The van der Waals surface area contributed by atoms with Crippen LogP contribution in [0.2, 0.25) is 5.02 Å². The van der Waals surface area contributed by atoms with Crippen LogP contribution in [0.5, 0.6) is 0 Å². The van der Waals surface area contributed by atoms with Gasteiger partial charge in [-0.15, -0.1) is 0 Å². The molecule has 0 aliphatic carbocycles. The number of para-hydroxylation sites is 1. The van der Waals surface area contributed by atoms with Crippen LogP contribution in [0.1, 0.15) is 25.1 Å². The number of ether oxygens (including phenoxy) is 1. The van der Waals surface area contributed by atoms with Gasteiger partial charge in [0.15, 0.2) is 11.5 Å². The molecule has 0 fully saturated rings. The molecule has 0 spiro atoms. The first-order valence-electron chi connectivity index (χ1n) is 10.2. The zero-order chi connectivity index (χ0) is 25.5. The number of alkyl halides is 3. The molecule has 0 amide bonds. The smallest absolute Gasteiger partial charge is 0.434 e. The van der Waals surface area contributed by atoms with Crippen LogP contribution < -0.4 is 0 Å². The molecule has 0 saturated carbocycles. The van der Waals surface area contributed by atoms with Gasteiger partial charge in [-0.1, -0.05) is 41.5 Å². The highest BCUT2D eigenvalue weighted by Crippen LogP contribution is 2.45. The molecule has 4 rings (SSSR count). The normalized spacial score (nSPS) is 11.8. The number of rotatable bonds is 6. The molecule has 0 atom stereocenters. The molecule has 2 aromatic heterocycles.